The Kier molecular flexibility index (Phi) is 4.04. The summed E-state index contributed by atoms with van der Waals surface area (Å²) in [5, 5.41) is 9.02. The van der Waals surface area contributed by atoms with E-state index in [2.05, 4.69) is 24.3 Å². The largest absolute Gasteiger partial charge is 0.348 e. The monoisotopic (exact) mass is 277 g/mol. The molecule has 5 heteroatoms. The summed E-state index contributed by atoms with van der Waals surface area (Å²) in [5.74, 6) is 0.443. The molecule has 0 saturated carbocycles. The highest BCUT2D eigenvalue weighted by Gasteiger charge is 2.11. The van der Waals surface area contributed by atoms with Crippen molar-refractivity contribution in [2.45, 2.75) is 33.2 Å². The molecule has 0 unspecified atom stereocenters. The predicted octanol–water partition coefficient (Wildman–Crippen LogP) is 2.84. The molecule has 0 atom stereocenters. The number of nitrogens with zero attached hydrogens (tertiary/aromatic N) is 2. The van der Waals surface area contributed by atoms with Crippen molar-refractivity contribution < 1.29 is 4.79 Å². The van der Waals surface area contributed by atoms with Gasteiger partial charge in [-0.1, -0.05) is 13.8 Å². The lowest BCUT2D eigenvalue weighted by molar-refractivity contribution is 0.0951. The molecule has 1 amide bonds. The number of thiophene rings is 1. The van der Waals surface area contributed by atoms with Gasteiger partial charge in [0.25, 0.3) is 5.91 Å². The zero-order valence-electron chi connectivity index (χ0n) is 11.7. The first-order chi connectivity index (χ1) is 8.99. The van der Waals surface area contributed by atoms with Crippen LogP contribution in [0.2, 0.25) is 0 Å². The maximum Gasteiger partial charge on any atom is 0.252 e. The Morgan fingerprint density at radius 1 is 1.53 bits per heavy atom. The highest BCUT2D eigenvalue weighted by Crippen LogP contribution is 2.23. The Morgan fingerprint density at radius 2 is 2.26 bits per heavy atom. The van der Waals surface area contributed by atoms with Crippen molar-refractivity contribution in [1.82, 2.24) is 15.1 Å². The van der Waals surface area contributed by atoms with E-state index in [-0.39, 0.29) is 5.91 Å². The number of amides is 1. The van der Waals surface area contributed by atoms with Gasteiger partial charge in [-0.05, 0) is 18.9 Å². The van der Waals surface area contributed by atoms with Crippen LogP contribution in [0.1, 0.15) is 46.3 Å². The Labute approximate surface area is 117 Å². The Bertz CT molecular complexity index is 583. The lowest BCUT2D eigenvalue weighted by Crippen LogP contribution is -2.22. The fraction of sp³-hybridized carbons (Fsp3) is 0.429. The van der Waals surface area contributed by atoms with Crippen molar-refractivity contribution in [3.63, 3.8) is 0 Å². The highest BCUT2D eigenvalue weighted by atomic mass is 32.1. The van der Waals surface area contributed by atoms with E-state index < -0.39 is 0 Å². The summed E-state index contributed by atoms with van der Waals surface area (Å²) in [6, 6.07) is 1.97. The predicted molar refractivity (Wildman–Crippen MR) is 77.5 cm³/mol. The van der Waals surface area contributed by atoms with Crippen molar-refractivity contribution in [1.29, 1.82) is 0 Å². The molecule has 19 heavy (non-hydrogen) atoms. The summed E-state index contributed by atoms with van der Waals surface area (Å²) in [6.07, 6.45) is 1.79. The van der Waals surface area contributed by atoms with Gasteiger partial charge in [0.2, 0.25) is 0 Å². The minimum Gasteiger partial charge on any atom is -0.348 e. The average Bonchev–Trinajstić information content (AvgIpc) is 2.97. The van der Waals surface area contributed by atoms with Crippen LogP contribution in [0.3, 0.4) is 0 Å². The molecule has 2 aromatic rings. The first kappa shape index (κ1) is 13.8. The van der Waals surface area contributed by atoms with Gasteiger partial charge in [-0.25, -0.2) is 0 Å². The second-order valence-electron chi connectivity index (χ2n) is 4.95. The summed E-state index contributed by atoms with van der Waals surface area (Å²) >= 11 is 1.64. The van der Waals surface area contributed by atoms with Crippen molar-refractivity contribution in [2.24, 2.45) is 7.05 Å². The fourth-order valence-corrected chi connectivity index (χ4v) is 2.68. The standard InChI is InChI=1S/C14H19N3OS/c1-9(2)13-5-11(8-19-13)14(18)15-6-12-7-16-17(4)10(12)3/h5,7-9H,6H2,1-4H3,(H,15,18). The summed E-state index contributed by atoms with van der Waals surface area (Å²) < 4.78 is 1.81. The van der Waals surface area contributed by atoms with Crippen molar-refractivity contribution in [3.05, 3.63) is 39.3 Å². The number of nitrogens with one attached hydrogen (secondary N) is 1. The maximum absolute atomic E-state index is 12.0. The third kappa shape index (κ3) is 3.04. The molecule has 0 spiro atoms. The van der Waals surface area contributed by atoms with Gasteiger partial charge >= 0.3 is 0 Å². The number of aromatic nitrogens is 2. The summed E-state index contributed by atoms with van der Waals surface area (Å²) in [7, 11) is 1.90. The quantitative estimate of drug-likeness (QED) is 0.934. The third-order valence-electron chi connectivity index (χ3n) is 3.23. The lowest BCUT2D eigenvalue weighted by atomic mass is 10.1. The Balaban J connectivity index is 1.99. The summed E-state index contributed by atoms with van der Waals surface area (Å²) in [4.78, 5) is 13.3. The molecule has 0 bridgehead atoms. The molecule has 2 rings (SSSR count). The molecular formula is C14H19N3OS. The minimum absolute atomic E-state index is 0.0218. The number of aryl methyl sites for hydroxylation is 1. The second kappa shape index (κ2) is 5.57. The van der Waals surface area contributed by atoms with Crippen molar-refractivity contribution in [2.75, 3.05) is 0 Å². The molecule has 2 heterocycles. The van der Waals surface area contributed by atoms with E-state index in [1.165, 1.54) is 4.88 Å². The van der Waals surface area contributed by atoms with Crippen LogP contribution in [0, 0.1) is 6.92 Å². The third-order valence-corrected chi connectivity index (χ3v) is 4.46. The van der Waals surface area contributed by atoms with E-state index >= 15 is 0 Å². The van der Waals surface area contributed by atoms with Gasteiger partial charge in [0.15, 0.2) is 0 Å². The van der Waals surface area contributed by atoms with Crippen LogP contribution in [0.5, 0.6) is 0 Å². The zero-order valence-corrected chi connectivity index (χ0v) is 12.5. The molecule has 0 aliphatic carbocycles. The van der Waals surface area contributed by atoms with Gasteiger partial charge in [-0.3, -0.25) is 9.48 Å². The van der Waals surface area contributed by atoms with Crippen LogP contribution in [0.4, 0.5) is 0 Å². The topological polar surface area (TPSA) is 46.9 Å². The Hall–Kier alpha value is -1.62. The van der Waals surface area contributed by atoms with Crippen molar-refractivity contribution in [3.8, 4) is 0 Å². The average molecular weight is 277 g/mol. The number of hydrogen-bond acceptors (Lipinski definition) is 3. The molecule has 0 aromatic carbocycles. The molecule has 0 fully saturated rings. The second-order valence-corrected chi connectivity index (χ2v) is 5.90. The number of hydrogen-bond donors (Lipinski definition) is 1. The van der Waals surface area contributed by atoms with E-state index in [0.29, 0.717) is 12.5 Å². The summed E-state index contributed by atoms with van der Waals surface area (Å²) in [6.45, 7) is 6.78. The van der Waals surface area contributed by atoms with E-state index in [4.69, 9.17) is 0 Å². The molecule has 0 saturated heterocycles. The van der Waals surface area contributed by atoms with Gasteiger partial charge in [-0.2, -0.15) is 5.10 Å². The van der Waals surface area contributed by atoms with E-state index in [0.717, 1.165) is 16.8 Å². The normalized spacial score (nSPS) is 11.0. The van der Waals surface area contributed by atoms with Gasteiger partial charge in [0, 0.05) is 35.1 Å². The maximum atomic E-state index is 12.0. The molecule has 102 valence electrons. The first-order valence-corrected chi connectivity index (χ1v) is 7.21. The smallest absolute Gasteiger partial charge is 0.252 e. The van der Waals surface area contributed by atoms with Crippen LogP contribution in [-0.4, -0.2) is 15.7 Å². The van der Waals surface area contributed by atoms with Crippen LogP contribution < -0.4 is 5.32 Å². The molecule has 0 aliphatic heterocycles. The molecule has 4 nitrogen and oxygen atoms in total. The van der Waals surface area contributed by atoms with E-state index in [1.54, 1.807) is 17.5 Å². The molecule has 0 radical (unpaired) electrons. The summed E-state index contributed by atoms with van der Waals surface area (Å²) in [5.41, 5.74) is 2.87. The number of carbonyl (C=O) groups excluding carboxylic acids is 1. The van der Waals surface area contributed by atoms with Crippen LogP contribution in [0.25, 0.3) is 0 Å². The van der Waals surface area contributed by atoms with Gasteiger partial charge in [0.1, 0.15) is 0 Å². The van der Waals surface area contributed by atoms with E-state index in [1.807, 2.05) is 30.1 Å². The Morgan fingerprint density at radius 3 is 2.79 bits per heavy atom. The zero-order chi connectivity index (χ0) is 14.0. The number of carbonyl (C=O) groups is 1. The van der Waals surface area contributed by atoms with Crippen molar-refractivity contribution >= 4 is 17.2 Å². The number of rotatable bonds is 4. The molecule has 0 aliphatic rings. The first-order valence-electron chi connectivity index (χ1n) is 6.33. The molecule has 1 N–H and O–H groups in total. The molecular weight excluding hydrogens is 258 g/mol. The van der Waals surface area contributed by atoms with Crippen LogP contribution >= 0.6 is 11.3 Å². The van der Waals surface area contributed by atoms with E-state index in [9.17, 15) is 4.79 Å². The van der Waals surface area contributed by atoms with Gasteiger partial charge in [0.05, 0.1) is 11.8 Å². The van der Waals surface area contributed by atoms with Crippen LogP contribution in [0.15, 0.2) is 17.6 Å². The van der Waals surface area contributed by atoms with Crippen LogP contribution in [-0.2, 0) is 13.6 Å². The van der Waals surface area contributed by atoms with Gasteiger partial charge in [-0.15, -0.1) is 11.3 Å². The fourth-order valence-electron chi connectivity index (χ4n) is 1.77. The van der Waals surface area contributed by atoms with Gasteiger partial charge < -0.3 is 5.32 Å². The SMILES string of the molecule is Cc1c(CNC(=O)c2csc(C(C)C)c2)cnn1C. The minimum atomic E-state index is -0.0218. The highest BCUT2D eigenvalue weighted by molar-refractivity contribution is 7.10. The lowest BCUT2D eigenvalue weighted by Gasteiger charge is -2.03. The molecule has 2 aromatic heterocycles.